The van der Waals surface area contributed by atoms with Crippen LogP contribution in [0.2, 0.25) is 0 Å². The SMILES string of the molecule is CCC1CCCCN1S(=O)(=O)c1cc(C(=O)Nc2cccc(Br)c2)ccc1F. The van der Waals surface area contributed by atoms with E-state index in [0.717, 1.165) is 35.9 Å². The molecule has 2 aromatic carbocycles. The Morgan fingerprint density at radius 3 is 2.75 bits per heavy atom. The summed E-state index contributed by atoms with van der Waals surface area (Å²) in [6.07, 6.45) is 3.15. The standard InChI is InChI=1S/C20H22BrFN2O3S/c1-2-17-8-3-4-11-24(17)28(26,27)19-12-14(9-10-18(19)22)20(25)23-16-7-5-6-15(21)13-16/h5-7,9-10,12-13,17H,2-4,8,11H2,1H3,(H,23,25). The summed E-state index contributed by atoms with van der Waals surface area (Å²) in [6.45, 7) is 2.30. The summed E-state index contributed by atoms with van der Waals surface area (Å²) < 4.78 is 42.8. The molecule has 0 bridgehead atoms. The minimum Gasteiger partial charge on any atom is -0.322 e. The maximum atomic E-state index is 14.5. The lowest BCUT2D eigenvalue weighted by Crippen LogP contribution is -2.43. The number of rotatable bonds is 5. The van der Waals surface area contributed by atoms with Crippen LogP contribution in [-0.4, -0.2) is 31.2 Å². The van der Waals surface area contributed by atoms with Crippen molar-refractivity contribution in [3.63, 3.8) is 0 Å². The summed E-state index contributed by atoms with van der Waals surface area (Å²) >= 11 is 3.33. The van der Waals surface area contributed by atoms with Gasteiger partial charge >= 0.3 is 0 Å². The van der Waals surface area contributed by atoms with Crippen molar-refractivity contribution in [2.75, 3.05) is 11.9 Å². The van der Waals surface area contributed by atoms with Gasteiger partial charge in [0.1, 0.15) is 10.7 Å². The van der Waals surface area contributed by atoms with E-state index in [1.165, 1.54) is 10.4 Å². The van der Waals surface area contributed by atoms with Gasteiger partial charge in [0.15, 0.2) is 0 Å². The zero-order valence-electron chi connectivity index (χ0n) is 15.5. The third kappa shape index (κ3) is 4.45. The largest absolute Gasteiger partial charge is 0.322 e. The first-order valence-corrected chi connectivity index (χ1v) is 11.4. The Hall–Kier alpha value is -1.77. The zero-order chi connectivity index (χ0) is 20.3. The predicted molar refractivity (Wildman–Crippen MR) is 110 cm³/mol. The van der Waals surface area contributed by atoms with Crippen molar-refractivity contribution in [1.29, 1.82) is 0 Å². The molecule has 2 aromatic rings. The van der Waals surface area contributed by atoms with Gasteiger partial charge in [0.25, 0.3) is 5.91 Å². The van der Waals surface area contributed by atoms with Gasteiger partial charge in [0.2, 0.25) is 10.0 Å². The molecule has 0 spiro atoms. The van der Waals surface area contributed by atoms with Crippen LogP contribution in [0.3, 0.4) is 0 Å². The molecule has 3 rings (SSSR count). The van der Waals surface area contributed by atoms with Crippen molar-refractivity contribution in [3.8, 4) is 0 Å². The normalized spacial score (nSPS) is 18.0. The summed E-state index contributed by atoms with van der Waals surface area (Å²) in [6, 6.07) is 10.3. The highest BCUT2D eigenvalue weighted by Gasteiger charge is 2.34. The zero-order valence-corrected chi connectivity index (χ0v) is 17.9. The molecule has 1 heterocycles. The van der Waals surface area contributed by atoms with Crippen molar-refractivity contribution in [1.82, 2.24) is 4.31 Å². The molecular formula is C20H22BrFN2O3S. The summed E-state index contributed by atoms with van der Waals surface area (Å²) in [5.74, 6) is -1.35. The molecule has 1 aliphatic heterocycles. The smallest absolute Gasteiger partial charge is 0.255 e. The molecule has 1 amide bonds. The van der Waals surface area contributed by atoms with Gasteiger partial charge in [-0.25, -0.2) is 12.8 Å². The molecule has 0 aromatic heterocycles. The Kier molecular flexibility index (Phi) is 6.52. The fourth-order valence-electron chi connectivity index (χ4n) is 3.44. The van der Waals surface area contributed by atoms with Gasteiger partial charge in [-0.2, -0.15) is 4.31 Å². The van der Waals surface area contributed by atoms with E-state index in [1.807, 2.05) is 13.0 Å². The third-order valence-electron chi connectivity index (χ3n) is 4.91. The van der Waals surface area contributed by atoms with Crippen LogP contribution in [0.5, 0.6) is 0 Å². The predicted octanol–water partition coefficient (Wildman–Crippen LogP) is 4.79. The lowest BCUT2D eigenvalue weighted by Gasteiger charge is -2.34. The number of halogens is 2. The second kappa shape index (κ2) is 8.71. The molecule has 8 heteroatoms. The molecule has 1 atom stereocenters. The monoisotopic (exact) mass is 468 g/mol. The number of benzene rings is 2. The summed E-state index contributed by atoms with van der Waals surface area (Å²) in [5.41, 5.74) is 0.639. The first kappa shape index (κ1) is 21.0. The van der Waals surface area contributed by atoms with Gasteiger partial charge in [0.05, 0.1) is 0 Å². The Morgan fingerprint density at radius 2 is 2.04 bits per heavy atom. The Balaban J connectivity index is 1.91. The Morgan fingerprint density at radius 1 is 1.25 bits per heavy atom. The van der Waals surface area contributed by atoms with Crippen LogP contribution in [0.15, 0.2) is 51.8 Å². The topological polar surface area (TPSA) is 66.5 Å². The molecule has 1 N–H and O–H groups in total. The molecule has 0 radical (unpaired) electrons. The van der Waals surface area contributed by atoms with Gasteiger partial charge in [0, 0.05) is 28.3 Å². The van der Waals surface area contributed by atoms with E-state index in [4.69, 9.17) is 0 Å². The number of nitrogens with zero attached hydrogens (tertiary/aromatic N) is 1. The maximum Gasteiger partial charge on any atom is 0.255 e. The number of amides is 1. The number of carbonyl (C=O) groups is 1. The van der Waals surface area contributed by atoms with E-state index in [1.54, 1.807) is 18.2 Å². The van der Waals surface area contributed by atoms with Gasteiger partial charge in [-0.3, -0.25) is 4.79 Å². The van der Waals surface area contributed by atoms with E-state index in [-0.39, 0.29) is 11.6 Å². The van der Waals surface area contributed by atoms with Crippen molar-refractivity contribution in [2.24, 2.45) is 0 Å². The molecule has 150 valence electrons. The quantitative estimate of drug-likeness (QED) is 0.685. The molecule has 1 saturated heterocycles. The second-order valence-corrected chi connectivity index (χ2v) is 9.56. The first-order valence-electron chi connectivity index (χ1n) is 9.21. The minimum atomic E-state index is -4.02. The number of hydrogen-bond acceptors (Lipinski definition) is 3. The lowest BCUT2D eigenvalue weighted by molar-refractivity contribution is 0.102. The molecule has 28 heavy (non-hydrogen) atoms. The lowest BCUT2D eigenvalue weighted by atomic mass is 10.0. The number of anilines is 1. The first-order chi connectivity index (χ1) is 13.3. The highest BCUT2D eigenvalue weighted by atomic mass is 79.9. The molecule has 0 aliphatic carbocycles. The summed E-state index contributed by atoms with van der Waals surface area (Å²) in [4.78, 5) is 12.1. The Labute approximate surface area is 173 Å². The van der Waals surface area contributed by atoms with E-state index < -0.39 is 26.6 Å². The van der Waals surface area contributed by atoms with Crippen LogP contribution < -0.4 is 5.32 Å². The highest BCUT2D eigenvalue weighted by molar-refractivity contribution is 9.10. The number of carbonyl (C=O) groups excluding carboxylic acids is 1. The van der Waals surface area contributed by atoms with Crippen LogP contribution in [0.4, 0.5) is 10.1 Å². The molecule has 1 fully saturated rings. The molecule has 0 saturated carbocycles. The van der Waals surface area contributed by atoms with Gasteiger partial charge in [-0.15, -0.1) is 0 Å². The average Bonchev–Trinajstić information content (AvgIpc) is 2.68. The van der Waals surface area contributed by atoms with E-state index >= 15 is 0 Å². The highest BCUT2D eigenvalue weighted by Crippen LogP contribution is 2.29. The fraction of sp³-hybridized carbons (Fsp3) is 0.350. The molecule has 1 aliphatic rings. The van der Waals surface area contributed by atoms with Crippen LogP contribution in [0, 0.1) is 5.82 Å². The van der Waals surface area contributed by atoms with Crippen molar-refractivity contribution in [2.45, 2.75) is 43.5 Å². The molecule has 5 nitrogen and oxygen atoms in total. The third-order valence-corrected chi connectivity index (χ3v) is 7.37. The second-order valence-electron chi connectivity index (χ2n) is 6.78. The molecular weight excluding hydrogens is 447 g/mol. The van der Waals surface area contributed by atoms with Crippen LogP contribution in [0.1, 0.15) is 43.0 Å². The maximum absolute atomic E-state index is 14.5. The van der Waals surface area contributed by atoms with Crippen LogP contribution >= 0.6 is 15.9 Å². The number of sulfonamides is 1. The average molecular weight is 469 g/mol. The van der Waals surface area contributed by atoms with E-state index in [0.29, 0.717) is 18.7 Å². The summed E-state index contributed by atoms with van der Waals surface area (Å²) in [5, 5.41) is 2.70. The number of nitrogens with one attached hydrogen (secondary N) is 1. The van der Waals surface area contributed by atoms with E-state index in [2.05, 4.69) is 21.2 Å². The van der Waals surface area contributed by atoms with Gasteiger partial charge < -0.3 is 5.32 Å². The van der Waals surface area contributed by atoms with Gasteiger partial charge in [-0.05, 0) is 55.7 Å². The van der Waals surface area contributed by atoms with Crippen LogP contribution in [-0.2, 0) is 10.0 Å². The van der Waals surface area contributed by atoms with Crippen molar-refractivity contribution < 1.29 is 17.6 Å². The summed E-state index contributed by atoms with van der Waals surface area (Å²) in [7, 11) is -4.02. The fourth-order valence-corrected chi connectivity index (χ4v) is 5.70. The number of hydrogen-bond donors (Lipinski definition) is 1. The van der Waals surface area contributed by atoms with Crippen molar-refractivity contribution in [3.05, 3.63) is 58.3 Å². The Bertz CT molecular complexity index is 981. The number of piperidine rings is 1. The minimum absolute atomic E-state index is 0.0880. The van der Waals surface area contributed by atoms with Gasteiger partial charge in [-0.1, -0.05) is 35.3 Å². The van der Waals surface area contributed by atoms with Crippen LogP contribution in [0.25, 0.3) is 0 Å². The van der Waals surface area contributed by atoms with Crippen molar-refractivity contribution >= 4 is 37.5 Å². The molecule has 1 unspecified atom stereocenters. The van der Waals surface area contributed by atoms with E-state index in [9.17, 15) is 17.6 Å².